The SMILES string of the molecule is NC1(COc2ccccc2)CCOC1. The standard InChI is InChI=1S/C11H15NO2/c12-11(6-7-13-8-11)9-14-10-4-2-1-3-5-10/h1-5H,6-9,12H2. The Morgan fingerprint density at radius 3 is 2.79 bits per heavy atom. The number of para-hydroxylation sites is 1. The number of rotatable bonds is 3. The van der Waals surface area contributed by atoms with Gasteiger partial charge in [-0.05, 0) is 18.6 Å². The third-order valence-electron chi connectivity index (χ3n) is 2.40. The predicted molar refractivity (Wildman–Crippen MR) is 54.3 cm³/mol. The maximum atomic E-state index is 6.06. The van der Waals surface area contributed by atoms with Crippen LogP contribution in [0.1, 0.15) is 6.42 Å². The molecule has 1 aliphatic rings. The quantitative estimate of drug-likeness (QED) is 0.784. The Morgan fingerprint density at radius 2 is 2.14 bits per heavy atom. The topological polar surface area (TPSA) is 44.5 Å². The highest BCUT2D eigenvalue weighted by atomic mass is 16.5. The van der Waals surface area contributed by atoms with E-state index in [0.717, 1.165) is 18.8 Å². The fourth-order valence-electron chi connectivity index (χ4n) is 1.48. The number of benzene rings is 1. The van der Waals surface area contributed by atoms with Gasteiger partial charge in [-0.25, -0.2) is 0 Å². The van der Waals surface area contributed by atoms with Gasteiger partial charge in [0.05, 0.1) is 12.1 Å². The lowest BCUT2D eigenvalue weighted by Gasteiger charge is -2.21. The van der Waals surface area contributed by atoms with Crippen LogP contribution in [0.15, 0.2) is 30.3 Å². The van der Waals surface area contributed by atoms with E-state index < -0.39 is 0 Å². The molecular formula is C11H15NO2. The molecule has 1 atom stereocenters. The second-order valence-electron chi connectivity index (χ2n) is 3.77. The fourth-order valence-corrected chi connectivity index (χ4v) is 1.48. The van der Waals surface area contributed by atoms with E-state index in [2.05, 4.69) is 0 Å². The molecule has 3 nitrogen and oxygen atoms in total. The van der Waals surface area contributed by atoms with Gasteiger partial charge in [-0.15, -0.1) is 0 Å². The van der Waals surface area contributed by atoms with E-state index in [0.29, 0.717) is 13.2 Å². The third kappa shape index (κ3) is 2.25. The fraction of sp³-hybridized carbons (Fsp3) is 0.455. The Morgan fingerprint density at radius 1 is 1.36 bits per heavy atom. The molecule has 1 heterocycles. The van der Waals surface area contributed by atoms with Gasteiger partial charge in [0.15, 0.2) is 0 Å². The molecule has 0 radical (unpaired) electrons. The first-order valence-corrected chi connectivity index (χ1v) is 4.83. The average Bonchev–Trinajstić information content (AvgIpc) is 2.65. The van der Waals surface area contributed by atoms with Crippen LogP contribution in [0.3, 0.4) is 0 Å². The van der Waals surface area contributed by atoms with Gasteiger partial charge in [0.2, 0.25) is 0 Å². The van der Waals surface area contributed by atoms with Crippen LogP contribution in [-0.2, 0) is 4.74 Å². The minimum atomic E-state index is -0.296. The van der Waals surface area contributed by atoms with Crippen LogP contribution in [0.4, 0.5) is 0 Å². The van der Waals surface area contributed by atoms with Crippen molar-refractivity contribution in [1.82, 2.24) is 0 Å². The minimum Gasteiger partial charge on any atom is -0.492 e. The van der Waals surface area contributed by atoms with Crippen molar-refractivity contribution >= 4 is 0 Å². The Labute approximate surface area is 83.8 Å². The highest BCUT2D eigenvalue weighted by molar-refractivity contribution is 5.21. The molecule has 2 rings (SSSR count). The molecule has 1 unspecified atom stereocenters. The lowest BCUT2D eigenvalue weighted by atomic mass is 10.0. The van der Waals surface area contributed by atoms with Crippen molar-refractivity contribution in [2.75, 3.05) is 19.8 Å². The van der Waals surface area contributed by atoms with Crippen LogP contribution in [0, 0.1) is 0 Å². The highest BCUT2D eigenvalue weighted by Crippen LogP contribution is 2.17. The summed E-state index contributed by atoms with van der Waals surface area (Å²) in [6.45, 7) is 1.87. The van der Waals surface area contributed by atoms with Gasteiger partial charge in [-0.2, -0.15) is 0 Å². The molecule has 14 heavy (non-hydrogen) atoms. The lowest BCUT2D eigenvalue weighted by molar-refractivity contribution is 0.152. The van der Waals surface area contributed by atoms with E-state index in [1.54, 1.807) is 0 Å². The van der Waals surface area contributed by atoms with Gasteiger partial charge in [0, 0.05) is 6.61 Å². The first kappa shape index (κ1) is 9.49. The zero-order chi connectivity index (χ0) is 9.86. The largest absolute Gasteiger partial charge is 0.492 e. The van der Waals surface area contributed by atoms with Crippen LogP contribution < -0.4 is 10.5 Å². The number of ether oxygens (including phenoxy) is 2. The van der Waals surface area contributed by atoms with Crippen LogP contribution in [0.2, 0.25) is 0 Å². The van der Waals surface area contributed by atoms with E-state index in [-0.39, 0.29) is 5.54 Å². The van der Waals surface area contributed by atoms with Gasteiger partial charge in [-0.1, -0.05) is 18.2 Å². The second kappa shape index (κ2) is 3.98. The van der Waals surface area contributed by atoms with Crippen molar-refractivity contribution < 1.29 is 9.47 Å². The predicted octanol–water partition coefficient (Wildman–Crippen LogP) is 1.18. The number of hydrogen-bond donors (Lipinski definition) is 1. The zero-order valence-electron chi connectivity index (χ0n) is 8.11. The van der Waals surface area contributed by atoms with E-state index in [9.17, 15) is 0 Å². The molecule has 1 aromatic carbocycles. The first-order valence-electron chi connectivity index (χ1n) is 4.83. The van der Waals surface area contributed by atoms with Crippen molar-refractivity contribution in [3.63, 3.8) is 0 Å². The summed E-state index contributed by atoms with van der Waals surface area (Å²) in [4.78, 5) is 0. The summed E-state index contributed by atoms with van der Waals surface area (Å²) < 4.78 is 10.8. The maximum absolute atomic E-state index is 6.06. The average molecular weight is 193 g/mol. The summed E-state index contributed by atoms with van der Waals surface area (Å²) in [6.07, 6.45) is 0.875. The van der Waals surface area contributed by atoms with Crippen LogP contribution in [0.5, 0.6) is 5.75 Å². The van der Waals surface area contributed by atoms with Crippen LogP contribution in [0.25, 0.3) is 0 Å². The van der Waals surface area contributed by atoms with Crippen molar-refractivity contribution in [3.8, 4) is 5.75 Å². The minimum absolute atomic E-state index is 0.296. The molecular weight excluding hydrogens is 178 g/mol. The third-order valence-corrected chi connectivity index (χ3v) is 2.40. The van der Waals surface area contributed by atoms with Gasteiger partial charge in [0.1, 0.15) is 12.4 Å². The lowest BCUT2D eigenvalue weighted by Crippen LogP contribution is -2.46. The Kier molecular flexibility index (Phi) is 2.70. The van der Waals surface area contributed by atoms with Crippen molar-refractivity contribution in [1.29, 1.82) is 0 Å². The van der Waals surface area contributed by atoms with Gasteiger partial charge >= 0.3 is 0 Å². The zero-order valence-corrected chi connectivity index (χ0v) is 8.11. The summed E-state index contributed by atoms with van der Waals surface area (Å²) in [6, 6.07) is 9.72. The normalized spacial score (nSPS) is 26.4. The molecule has 0 aromatic heterocycles. The van der Waals surface area contributed by atoms with Gasteiger partial charge in [0.25, 0.3) is 0 Å². The van der Waals surface area contributed by atoms with Crippen molar-refractivity contribution in [2.24, 2.45) is 5.73 Å². The molecule has 0 saturated carbocycles. The Balaban J connectivity index is 1.88. The Hall–Kier alpha value is -1.06. The summed E-state index contributed by atoms with van der Waals surface area (Å²) >= 11 is 0. The van der Waals surface area contributed by atoms with Gasteiger partial charge < -0.3 is 15.2 Å². The molecule has 1 fully saturated rings. The monoisotopic (exact) mass is 193 g/mol. The maximum Gasteiger partial charge on any atom is 0.119 e. The summed E-state index contributed by atoms with van der Waals surface area (Å²) in [5.41, 5.74) is 5.76. The van der Waals surface area contributed by atoms with Crippen molar-refractivity contribution in [3.05, 3.63) is 30.3 Å². The smallest absolute Gasteiger partial charge is 0.119 e. The summed E-state index contributed by atoms with van der Waals surface area (Å²) in [5, 5.41) is 0. The molecule has 1 aliphatic heterocycles. The summed E-state index contributed by atoms with van der Waals surface area (Å²) in [7, 11) is 0. The van der Waals surface area contributed by atoms with E-state index in [4.69, 9.17) is 15.2 Å². The molecule has 0 aliphatic carbocycles. The number of hydrogen-bond acceptors (Lipinski definition) is 3. The molecule has 76 valence electrons. The molecule has 1 aromatic rings. The molecule has 0 amide bonds. The highest BCUT2D eigenvalue weighted by Gasteiger charge is 2.31. The molecule has 0 bridgehead atoms. The van der Waals surface area contributed by atoms with Crippen LogP contribution >= 0.6 is 0 Å². The molecule has 3 heteroatoms. The van der Waals surface area contributed by atoms with Crippen molar-refractivity contribution in [2.45, 2.75) is 12.0 Å². The summed E-state index contributed by atoms with van der Waals surface area (Å²) in [5.74, 6) is 0.865. The van der Waals surface area contributed by atoms with Gasteiger partial charge in [-0.3, -0.25) is 0 Å². The van der Waals surface area contributed by atoms with E-state index >= 15 is 0 Å². The first-order chi connectivity index (χ1) is 6.79. The Bertz CT molecular complexity index is 281. The molecule has 2 N–H and O–H groups in total. The van der Waals surface area contributed by atoms with E-state index in [1.807, 2.05) is 30.3 Å². The van der Waals surface area contributed by atoms with Crippen LogP contribution in [-0.4, -0.2) is 25.4 Å². The molecule has 1 saturated heterocycles. The number of nitrogens with two attached hydrogens (primary N) is 1. The molecule has 0 spiro atoms. The van der Waals surface area contributed by atoms with E-state index in [1.165, 1.54) is 0 Å². The second-order valence-corrected chi connectivity index (χ2v) is 3.77.